The lowest BCUT2D eigenvalue weighted by atomic mass is 10.2. The standard InChI is InChI=1S/C20H23N5O4/c1-4-14-6-8-16(9-7-14)29-13-25-12-15(11-21-25)22-19(26)17-10-18(24(3)23-17)20(27)28-5-2/h6-12H,4-5,13H2,1-3H3,(H,22,26). The summed E-state index contributed by atoms with van der Waals surface area (Å²) in [5.74, 6) is -0.242. The van der Waals surface area contributed by atoms with Crippen LogP contribution in [0.2, 0.25) is 0 Å². The number of hydrogen-bond acceptors (Lipinski definition) is 6. The highest BCUT2D eigenvalue weighted by molar-refractivity contribution is 6.04. The Morgan fingerprint density at radius 3 is 2.62 bits per heavy atom. The van der Waals surface area contributed by atoms with Gasteiger partial charge in [-0.15, -0.1) is 0 Å². The van der Waals surface area contributed by atoms with E-state index in [1.165, 1.54) is 22.5 Å². The van der Waals surface area contributed by atoms with Crippen LogP contribution in [0.5, 0.6) is 5.75 Å². The number of nitrogens with one attached hydrogen (secondary N) is 1. The summed E-state index contributed by atoms with van der Waals surface area (Å²) in [6.45, 7) is 4.26. The first-order valence-corrected chi connectivity index (χ1v) is 9.26. The van der Waals surface area contributed by atoms with Crippen molar-refractivity contribution in [3.05, 3.63) is 59.7 Å². The molecule has 0 aliphatic rings. The largest absolute Gasteiger partial charge is 0.471 e. The molecule has 0 radical (unpaired) electrons. The van der Waals surface area contributed by atoms with Crippen molar-refractivity contribution in [2.45, 2.75) is 27.0 Å². The Bertz CT molecular complexity index is 991. The number of nitrogens with zero attached hydrogens (tertiary/aromatic N) is 4. The fourth-order valence-electron chi connectivity index (χ4n) is 2.63. The average Bonchev–Trinajstić information content (AvgIpc) is 3.33. The highest BCUT2D eigenvalue weighted by atomic mass is 16.5. The Labute approximate surface area is 168 Å². The van der Waals surface area contributed by atoms with Crippen LogP contribution < -0.4 is 10.1 Å². The number of aromatic nitrogens is 4. The minimum Gasteiger partial charge on any atom is -0.471 e. The number of ether oxygens (including phenoxy) is 2. The number of amides is 1. The number of carbonyl (C=O) groups is 2. The molecule has 0 bridgehead atoms. The minimum atomic E-state index is -0.529. The van der Waals surface area contributed by atoms with E-state index < -0.39 is 11.9 Å². The normalized spacial score (nSPS) is 10.6. The second-order valence-electron chi connectivity index (χ2n) is 6.25. The molecule has 0 saturated carbocycles. The third-order valence-corrected chi connectivity index (χ3v) is 4.18. The van der Waals surface area contributed by atoms with Crippen LogP contribution in [0.15, 0.2) is 42.7 Å². The van der Waals surface area contributed by atoms with Gasteiger partial charge in [-0.25, -0.2) is 9.48 Å². The van der Waals surface area contributed by atoms with E-state index in [0.29, 0.717) is 5.69 Å². The number of anilines is 1. The molecule has 3 aromatic rings. The lowest BCUT2D eigenvalue weighted by Crippen LogP contribution is -2.12. The predicted molar refractivity (Wildman–Crippen MR) is 106 cm³/mol. The second kappa shape index (κ2) is 9.05. The summed E-state index contributed by atoms with van der Waals surface area (Å²) in [6, 6.07) is 9.24. The number of esters is 1. The molecule has 0 aliphatic heterocycles. The molecule has 1 N–H and O–H groups in total. The fraction of sp³-hybridized carbons (Fsp3) is 0.300. The number of rotatable bonds is 8. The van der Waals surface area contributed by atoms with Crippen molar-refractivity contribution in [3.63, 3.8) is 0 Å². The van der Waals surface area contributed by atoms with E-state index in [9.17, 15) is 9.59 Å². The number of aryl methyl sites for hydroxylation is 2. The first-order chi connectivity index (χ1) is 14.0. The van der Waals surface area contributed by atoms with Crippen molar-refractivity contribution in [2.24, 2.45) is 7.05 Å². The molecule has 9 nitrogen and oxygen atoms in total. The monoisotopic (exact) mass is 397 g/mol. The summed E-state index contributed by atoms with van der Waals surface area (Å²) in [4.78, 5) is 24.2. The van der Waals surface area contributed by atoms with Crippen LogP contribution in [-0.2, 0) is 24.9 Å². The van der Waals surface area contributed by atoms with Gasteiger partial charge in [0.25, 0.3) is 5.91 Å². The van der Waals surface area contributed by atoms with Gasteiger partial charge < -0.3 is 14.8 Å². The minimum absolute atomic E-state index is 0.107. The van der Waals surface area contributed by atoms with Crippen molar-refractivity contribution >= 4 is 17.6 Å². The third kappa shape index (κ3) is 5.01. The summed E-state index contributed by atoms with van der Waals surface area (Å²) in [5.41, 5.74) is 2.04. The maximum atomic E-state index is 12.4. The second-order valence-corrected chi connectivity index (χ2v) is 6.25. The smallest absolute Gasteiger partial charge is 0.356 e. The lowest BCUT2D eigenvalue weighted by Gasteiger charge is -2.06. The summed E-state index contributed by atoms with van der Waals surface area (Å²) in [6.07, 6.45) is 4.13. The van der Waals surface area contributed by atoms with E-state index in [0.717, 1.165) is 12.2 Å². The highest BCUT2D eigenvalue weighted by Crippen LogP contribution is 2.14. The van der Waals surface area contributed by atoms with Crippen molar-refractivity contribution < 1.29 is 19.1 Å². The van der Waals surface area contributed by atoms with E-state index in [4.69, 9.17) is 9.47 Å². The molecule has 9 heteroatoms. The highest BCUT2D eigenvalue weighted by Gasteiger charge is 2.18. The Kier molecular flexibility index (Phi) is 6.28. The Morgan fingerprint density at radius 2 is 1.93 bits per heavy atom. The molecule has 0 saturated heterocycles. The molecule has 0 aliphatic carbocycles. The quantitative estimate of drug-likeness (QED) is 0.587. The Balaban J connectivity index is 1.58. The third-order valence-electron chi connectivity index (χ3n) is 4.18. The molecular formula is C20H23N5O4. The zero-order valence-corrected chi connectivity index (χ0v) is 16.6. The molecule has 0 fully saturated rings. The molecule has 1 amide bonds. The van der Waals surface area contributed by atoms with E-state index in [2.05, 4.69) is 22.4 Å². The maximum Gasteiger partial charge on any atom is 0.356 e. The first kappa shape index (κ1) is 20.1. The van der Waals surface area contributed by atoms with Crippen LogP contribution in [-0.4, -0.2) is 38.0 Å². The number of benzene rings is 1. The molecule has 2 aromatic heterocycles. The van der Waals surface area contributed by atoms with E-state index in [1.54, 1.807) is 24.9 Å². The van der Waals surface area contributed by atoms with Gasteiger partial charge in [-0.2, -0.15) is 10.2 Å². The predicted octanol–water partition coefficient (Wildman–Crippen LogP) is 2.64. The van der Waals surface area contributed by atoms with Crippen LogP contribution in [0.4, 0.5) is 5.69 Å². The van der Waals surface area contributed by atoms with Gasteiger partial charge in [-0.1, -0.05) is 19.1 Å². The van der Waals surface area contributed by atoms with Gasteiger partial charge in [0.05, 0.1) is 24.7 Å². The Hall–Kier alpha value is -3.62. The molecule has 1 aromatic carbocycles. The SMILES string of the molecule is CCOC(=O)c1cc(C(=O)Nc2cnn(COc3ccc(CC)cc3)c2)nn1C. The van der Waals surface area contributed by atoms with Gasteiger partial charge in [0.1, 0.15) is 11.4 Å². The van der Waals surface area contributed by atoms with E-state index in [1.807, 2.05) is 24.3 Å². The molecule has 0 spiro atoms. The van der Waals surface area contributed by atoms with Crippen LogP contribution >= 0.6 is 0 Å². The summed E-state index contributed by atoms with van der Waals surface area (Å²) >= 11 is 0. The summed E-state index contributed by atoms with van der Waals surface area (Å²) < 4.78 is 13.5. The molecule has 152 valence electrons. The number of carbonyl (C=O) groups excluding carboxylic acids is 2. The zero-order valence-electron chi connectivity index (χ0n) is 16.6. The molecule has 3 rings (SSSR count). The van der Waals surface area contributed by atoms with Crippen LogP contribution in [0.25, 0.3) is 0 Å². The molecule has 29 heavy (non-hydrogen) atoms. The summed E-state index contributed by atoms with van der Waals surface area (Å²) in [7, 11) is 1.57. The molecule has 2 heterocycles. The fourth-order valence-corrected chi connectivity index (χ4v) is 2.63. The van der Waals surface area contributed by atoms with Gasteiger partial charge in [-0.3, -0.25) is 9.48 Å². The van der Waals surface area contributed by atoms with Gasteiger partial charge in [0.2, 0.25) is 0 Å². The van der Waals surface area contributed by atoms with Crippen LogP contribution in [0, 0.1) is 0 Å². The van der Waals surface area contributed by atoms with E-state index >= 15 is 0 Å². The first-order valence-electron chi connectivity index (χ1n) is 9.26. The molecular weight excluding hydrogens is 374 g/mol. The average molecular weight is 397 g/mol. The molecule has 0 unspecified atom stereocenters. The van der Waals surface area contributed by atoms with Crippen molar-refractivity contribution in [1.29, 1.82) is 0 Å². The van der Waals surface area contributed by atoms with Crippen LogP contribution in [0.3, 0.4) is 0 Å². The van der Waals surface area contributed by atoms with Crippen molar-refractivity contribution in [1.82, 2.24) is 19.6 Å². The topological polar surface area (TPSA) is 100 Å². The Morgan fingerprint density at radius 1 is 1.17 bits per heavy atom. The van der Waals surface area contributed by atoms with Crippen LogP contribution in [0.1, 0.15) is 40.4 Å². The van der Waals surface area contributed by atoms with Gasteiger partial charge >= 0.3 is 5.97 Å². The zero-order chi connectivity index (χ0) is 20.8. The van der Waals surface area contributed by atoms with Crippen molar-refractivity contribution in [2.75, 3.05) is 11.9 Å². The maximum absolute atomic E-state index is 12.4. The summed E-state index contributed by atoms with van der Waals surface area (Å²) in [5, 5.41) is 10.9. The van der Waals surface area contributed by atoms with Gasteiger partial charge in [0.15, 0.2) is 12.4 Å². The number of hydrogen-bond donors (Lipinski definition) is 1. The molecule has 0 atom stereocenters. The van der Waals surface area contributed by atoms with Gasteiger partial charge in [-0.05, 0) is 31.0 Å². The van der Waals surface area contributed by atoms with E-state index in [-0.39, 0.29) is 24.7 Å². The van der Waals surface area contributed by atoms with Crippen molar-refractivity contribution in [3.8, 4) is 5.75 Å². The van der Waals surface area contributed by atoms with Gasteiger partial charge in [0, 0.05) is 13.1 Å². The lowest BCUT2D eigenvalue weighted by molar-refractivity contribution is 0.0513.